The zero-order chi connectivity index (χ0) is 11.5. The average molecular weight is 225 g/mol. The van der Waals surface area contributed by atoms with Gasteiger partial charge in [-0.05, 0) is 19.3 Å². The summed E-state index contributed by atoms with van der Waals surface area (Å²) < 4.78 is 5.48. The van der Waals surface area contributed by atoms with Crippen molar-refractivity contribution in [1.82, 2.24) is 4.90 Å². The van der Waals surface area contributed by atoms with E-state index in [1.165, 1.54) is 0 Å². The van der Waals surface area contributed by atoms with Gasteiger partial charge in [0.2, 0.25) is 0 Å². The van der Waals surface area contributed by atoms with Crippen molar-refractivity contribution in [2.75, 3.05) is 19.7 Å². The number of hydrogen-bond donors (Lipinski definition) is 0. The van der Waals surface area contributed by atoms with E-state index in [4.69, 9.17) is 4.74 Å². The molecular weight excluding hydrogens is 206 g/mol. The van der Waals surface area contributed by atoms with Gasteiger partial charge in [-0.3, -0.25) is 9.59 Å². The topological polar surface area (TPSA) is 46.6 Å². The lowest BCUT2D eigenvalue weighted by Crippen LogP contribution is -2.48. The highest BCUT2D eigenvalue weighted by atomic mass is 16.5. The number of piperidine rings is 1. The predicted molar refractivity (Wildman–Crippen MR) is 59.0 cm³/mol. The van der Waals surface area contributed by atoms with Crippen molar-refractivity contribution in [3.63, 3.8) is 0 Å². The molecule has 0 aromatic heterocycles. The van der Waals surface area contributed by atoms with Gasteiger partial charge in [0.25, 0.3) is 5.91 Å². The molecule has 16 heavy (non-hydrogen) atoms. The second-order valence-electron chi connectivity index (χ2n) is 4.76. The molecule has 0 N–H and O–H groups in total. The van der Waals surface area contributed by atoms with Gasteiger partial charge in [-0.1, -0.05) is 6.92 Å². The maximum absolute atomic E-state index is 12.1. The zero-order valence-electron chi connectivity index (χ0n) is 9.78. The van der Waals surface area contributed by atoms with Crippen LogP contribution in [0.3, 0.4) is 0 Å². The molecule has 0 aromatic carbocycles. The van der Waals surface area contributed by atoms with Gasteiger partial charge in [0.15, 0.2) is 0 Å². The van der Waals surface area contributed by atoms with E-state index in [0.29, 0.717) is 26.1 Å². The molecule has 2 fully saturated rings. The maximum atomic E-state index is 12.1. The molecule has 4 nitrogen and oxygen atoms in total. The molecule has 4 heteroatoms. The summed E-state index contributed by atoms with van der Waals surface area (Å²) in [6.07, 6.45) is 3.20. The number of hydrogen-bond acceptors (Lipinski definition) is 3. The SMILES string of the molecule is CC1CN(C(=O)C2CCCCO2)CCC1=O. The van der Waals surface area contributed by atoms with E-state index in [2.05, 4.69) is 0 Å². The van der Waals surface area contributed by atoms with Gasteiger partial charge in [0, 0.05) is 32.0 Å². The number of ketones is 1. The lowest BCUT2D eigenvalue weighted by Gasteiger charge is -2.33. The van der Waals surface area contributed by atoms with Crippen LogP contribution in [-0.4, -0.2) is 42.4 Å². The molecule has 0 spiro atoms. The van der Waals surface area contributed by atoms with Gasteiger partial charge in [0.05, 0.1) is 0 Å². The zero-order valence-corrected chi connectivity index (χ0v) is 9.78. The van der Waals surface area contributed by atoms with Crippen molar-refractivity contribution in [2.45, 2.75) is 38.7 Å². The molecule has 2 saturated heterocycles. The van der Waals surface area contributed by atoms with Crippen LogP contribution in [-0.2, 0) is 14.3 Å². The highest BCUT2D eigenvalue weighted by Crippen LogP contribution is 2.19. The minimum absolute atomic E-state index is 0.0127. The van der Waals surface area contributed by atoms with Crippen molar-refractivity contribution in [3.8, 4) is 0 Å². The fourth-order valence-corrected chi connectivity index (χ4v) is 2.35. The van der Waals surface area contributed by atoms with Crippen molar-refractivity contribution in [3.05, 3.63) is 0 Å². The average Bonchev–Trinajstić information content (AvgIpc) is 2.33. The van der Waals surface area contributed by atoms with Gasteiger partial charge < -0.3 is 9.64 Å². The van der Waals surface area contributed by atoms with E-state index in [1.807, 2.05) is 6.92 Å². The number of ether oxygens (including phenoxy) is 1. The molecule has 0 bridgehead atoms. The number of likely N-dealkylation sites (tertiary alicyclic amines) is 1. The summed E-state index contributed by atoms with van der Waals surface area (Å²) in [5, 5.41) is 0. The number of amides is 1. The number of carbonyl (C=O) groups excluding carboxylic acids is 2. The minimum atomic E-state index is -0.255. The van der Waals surface area contributed by atoms with Crippen LogP contribution in [0.25, 0.3) is 0 Å². The standard InChI is InChI=1S/C12H19NO3/c1-9-8-13(6-5-10(9)14)12(15)11-4-2-3-7-16-11/h9,11H,2-8H2,1H3. The number of rotatable bonds is 1. The lowest BCUT2D eigenvalue weighted by atomic mass is 9.97. The number of Topliss-reactive ketones (excluding diaryl/α,β-unsaturated/α-hetero) is 1. The molecule has 2 unspecified atom stereocenters. The first-order valence-electron chi connectivity index (χ1n) is 6.11. The minimum Gasteiger partial charge on any atom is -0.368 e. The maximum Gasteiger partial charge on any atom is 0.251 e. The van der Waals surface area contributed by atoms with Crippen LogP contribution in [0.5, 0.6) is 0 Å². The Morgan fingerprint density at radius 1 is 1.44 bits per heavy atom. The summed E-state index contributed by atoms with van der Waals surface area (Å²) >= 11 is 0. The second kappa shape index (κ2) is 4.95. The Hall–Kier alpha value is -0.900. The Bertz CT molecular complexity index is 284. The van der Waals surface area contributed by atoms with Crippen molar-refractivity contribution < 1.29 is 14.3 Å². The van der Waals surface area contributed by atoms with E-state index >= 15 is 0 Å². The van der Waals surface area contributed by atoms with Crippen LogP contribution in [0.1, 0.15) is 32.6 Å². The van der Waals surface area contributed by atoms with Crippen LogP contribution in [0.15, 0.2) is 0 Å². The molecule has 2 heterocycles. The van der Waals surface area contributed by atoms with Crippen molar-refractivity contribution >= 4 is 11.7 Å². The summed E-state index contributed by atoms with van der Waals surface area (Å²) in [4.78, 5) is 25.3. The predicted octanol–water partition coefficient (Wildman–Crippen LogP) is 0.993. The van der Waals surface area contributed by atoms with E-state index in [1.54, 1.807) is 4.90 Å². The summed E-state index contributed by atoms with van der Waals surface area (Å²) in [5.74, 6) is 0.342. The molecule has 0 radical (unpaired) electrons. The van der Waals surface area contributed by atoms with E-state index in [-0.39, 0.29) is 23.7 Å². The molecule has 0 saturated carbocycles. The fourth-order valence-electron chi connectivity index (χ4n) is 2.35. The Balaban J connectivity index is 1.91. The third-order valence-corrected chi connectivity index (χ3v) is 3.44. The summed E-state index contributed by atoms with van der Waals surface area (Å²) in [6, 6.07) is 0. The first kappa shape index (κ1) is 11.6. The van der Waals surface area contributed by atoms with E-state index in [9.17, 15) is 9.59 Å². The summed E-state index contributed by atoms with van der Waals surface area (Å²) in [6.45, 7) is 3.72. The molecular formula is C12H19NO3. The molecule has 90 valence electrons. The van der Waals surface area contributed by atoms with Gasteiger partial charge >= 0.3 is 0 Å². The molecule has 1 amide bonds. The van der Waals surface area contributed by atoms with Crippen LogP contribution < -0.4 is 0 Å². The highest BCUT2D eigenvalue weighted by Gasteiger charge is 2.31. The Morgan fingerprint density at radius 3 is 2.88 bits per heavy atom. The largest absolute Gasteiger partial charge is 0.368 e. The molecule has 0 aromatic rings. The molecule has 2 rings (SSSR count). The third kappa shape index (κ3) is 2.43. The molecule has 2 atom stereocenters. The molecule has 2 aliphatic rings. The van der Waals surface area contributed by atoms with Crippen LogP contribution in [0, 0.1) is 5.92 Å². The van der Waals surface area contributed by atoms with E-state index in [0.717, 1.165) is 19.3 Å². The van der Waals surface area contributed by atoms with Crippen LogP contribution in [0.2, 0.25) is 0 Å². The quantitative estimate of drug-likeness (QED) is 0.668. The summed E-state index contributed by atoms with van der Waals surface area (Å²) in [7, 11) is 0. The van der Waals surface area contributed by atoms with Crippen LogP contribution >= 0.6 is 0 Å². The third-order valence-electron chi connectivity index (χ3n) is 3.44. The Kier molecular flexibility index (Phi) is 3.59. The number of nitrogens with zero attached hydrogens (tertiary/aromatic N) is 1. The molecule has 0 aliphatic carbocycles. The Labute approximate surface area is 95.9 Å². The van der Waals surface area contributed by atoms with Gasteiger partial charge in [0.1, 0.15) is 11.9 Å². The van der Waals surface area contributed by atoms with Gasteiger partial charge in [-0.2, -0.15) is 0 Å². The van der Waals surface area contributed by atoms with Gasteiger partial charge in [-0.15, -0.1) is 0 Å². The smallest absolute Gasteiger partial charge is 0.251 e. The Morgan fingerprint density at radius 2 is 2.25 bits per heavy atom. The first-order valence-corrected chi connectivity index (χ1v) is 6.11. The van der Waals surface area contributed by atoms with Crippen LogP contribution in [0.4, 0.5) is 0 Å². The first-order chi connectivity index (χ1) is 7.68. The highest BCUT2D eigenvalue weighted by molar-refractivity contribution is 5.86. The number of carbonyl (C=O) groups is 2. The summed E-state index contributed by atoms with van der Waals surface area (Å²) in [5.41, 5.74) is 0. The fraction of sp³-hybridized carbons (Fsp3) is 0.833. The molecule has 2 aliphatic heterocycles. The second-order valence-corrected chi connectivity index (χ2v) is 4.76. The van der Waals surface area contributed by atoms with Crippen molar-refractivity contribution in [1.29, 1.82) is 0 Å². The van der Waals surface area contributed by atoms with Gasteiger partial charge in [-0.25, -0.2) is 0 Å². The lowest BCUT2D eigenvalue weighted by molar-refractivity contribution is -0.149. The monoisotopic (exact) mass is 225 g/mol. The van der Waals surface area contributed by atoms with Crippen molar-refractivity contribution in [2.24, 2.45) is 5.92 Å². The normalized spacial score (nSPS) is 31.6. The van der Waals surface area contributed by atoms with E-state index < -0.39 is 0 Å².